The van der Waals surface area contributed by atoms with Gasteiger partial charge in [-0.25, -0.2) is 0 Å². The Morgan fingerprint density at radius 2 is 0.789 bits per heavy atom. The number of methoxy groups -OCH3 is 1. The Hall–Kier alpha value is -3.52. The van der Waals surface area contributed by atoms with E-state index in [2.05, 4.69) is 128 Å². The molecule has 2 heteroatoms. The summed E-state index contributed by atoms with van der Waals surface area (Å²) in [5, 5.41) is 0. The summed E-state index contributed by atoms with van der Waals surface area (Å²) in [5.74, 6) is 1.98. The Morgan fingerprint density at radius 1 is 0.421 bits per heavy atom. The largest absolute Gasteiger partial charge is 0.496 e. The molecule has 0 aliphatic carbocycles. The highest BCUT2D eigenvalue weighted by molar-refractivity contribution is 5.36. The van der Waals surface area contributed by atoms with Crippen LogP contribution in [0.1, 0.15) is 57.0 Å². The summed E-state index contributed by atoms with van der Waals surface area (Å²) >= 11 is 0. The minimum atomic E-state index is 0.740. The van der Waals surface area contributed by atoms with Crippen LogP contribution in [0, 0.1) is 62.3 Å². The van der Waals surface area contributed by atoms with E-state index in [-0.39, 0.29) is 0 Å². The number of benzene rings is 4. The van der Waals surface area contributed by atoms with Crippen molar-refractivity contribution in [3.8, 4) is 11.5 Å². The highest BCUT2D eigenvalue weighted by atomic mass is 16.5. The fourth-order valence-corrected chi connectivity index (χ4v) is 3.47. The third-order valence-corrected chi connectivity index (χ3v) is 6.09. The number of aryl methyl sites for hydroxylation is 9. The number of hydrogen-bond acceptors (Lipinski definition) is 2. The van der Waals surface area contributed by atoms with Crippen molar-refractivity contribution in [1.82, 2.24) is 0 Å². The lowest BCUT2D eigenvalue weighted by Gasteiger charge is -2.06. The molecule has 4 aromatic rings. The van der Waals surface area contributed by atoms with Crippen LogP contribution in [0.15, 0.2) is 78.9 Å². The zero-order valence-electron chi connectivity index (χ0n) is 25.5. The van der Waals surface area contributed by atoms with Crippen LogP contribution in [0.4, 0.5) is 0 Å². The monoisotopic (exact) mass is 512 g/mol. The molecule has 0 aromatic heterocycles. The Morgan fingerprint density at radius 3 is 1.16 bits per heavy atom. The summed E-state index contributed by atoms with van der Waals surface area (Å²) < 4.78 is 10.5. The van der Waals surface area contributed by atoms with Gasteiger partial charge in [-0.15, -0.1) is 0 Å². The van der Waals surface area contributed by atoms with Gasteiger partial charge in [-0.1, -0.05) is 83.4 Å². The van der Waals surface area contributed by atoms with Crippen molar-refractivity contribution in [2.45, 2.75) is 69.2 Å². The summed E-state index contributed by atoms with van der Waals surface area (Å²) in [6.07, 6.45) is 0. The first-order chi connectivity index (χ1) is 18.0. The van der Waals surface area contributed by atoms with Gasteiger partial charge >= 0.3 is 0 Å². The van der Waals surface area contributed by atoms with Crippen LogP contribution in [0.25, 0.3) is 0 Å². The second kappa shape index (κ2) is 17.1. The average Bonchev–Trinajstić information content (AvgIpc) is 2.88. The quantitative estimate of drug-likeness (QED) is 0.272. The van der Waals surface area contributed by atoms with Crippen LogP contribution in [0.5, 0.6) is 11.5 Å². The van der Waals surface area contributed by atoms with E-state index in [4.69, 9.17) is 9.47 Å². The van der Waals surface area contributed by atoms with Crippen molar-refractivity contribution in [1.29, 1.82) is 0 Å². The van der Waals surface area contributed by atoms with Gasteiger partial charge in [-0.2, -0.15) is 0 Å². The third-order valence-electron chi connectivity index (χ3n) is 6.09. The van der Waals surface area contributed by atoms with Crippen LogP contribution in [0.2, 0.25) is 0 Å². The van der Waals surface area contributed by atoms with Gasteiger partial charge < -0.3 is 9.47 Å². The fraction of sp³-hybridized carbons (Fsp3) is 0.333. The van der Waals surface area contributed by atoms with E-state index in [1.54, 1.807) is 7.11 Å². The maximum absolute atomic E-state index is 5.42. The van der Waals surface area contributed by atoms with E-state index >= 15 is 0 Å². The summed E-state index contributed by atoms with van der Waals surface area (Å²) in [6.45, 7) is 21.6. The highest BCUT2D eigenvalue weighted by Gasteiger charge is 1.97. The van der Waals surface area contributed by atoms with E-state index in [0.29, 0.717) is 0 Å². The molecule has 0 saturated carbocycles. The first kappa shape index (κ1) is 32.5. The summed E-state index contributed by atoms with van der Waals surface area (Å²) in [6, 6.07) is 27.4. The molecule has 2 nitrogen and oxygen atoms in total. The molecule has 0 unspecified atom stereocenters. The first-order valence-corrected chi connectivity index (χ1v) is 13.3. The lowest BCUT2D eigenvalue weighted by Crippen LogP contribution is -1.93. The molecule has 38 heavy (non-hydrogen) atoms. The van der Waals surface area contributed by atoms with Gasteiger partial charge in [0.05, 0.1) is 13.7 Å². The number of hydrogen-bond donors (Lipinski definition) is 0. The lowest BCUT2D eigenvalue weighted by molar-refractivity contribution is 0.337. The molecule has 0 N–H and O–H groups in total. The second-order valence-corrected chi connectivity index (χ2v) is 9.92. The van der Waals surface area contributed by atoms with Gasteiger partial charge in [0, 0.05) is 0 Å². The van der Waals surface area contributed by atoms with Gasteiger partial charge in [0.1, 0.15) is 11.5 Å². The van der Waals surface area contributed by atoms with Gasteiger partial charge in [0.2, 0.25) is 0 Å². The van der Waals surface area contributed by atoms with Gasteiger partial charge in [-0.05, 0) is 115 Å². The number of ether oxygens (including phenoxy) is 2. The van der Waals surface area contributed by atoms with Crippen molar-refractivity contribution in [3.05, 3.63) is 129 Å². The molecule has 0 radical (unpaired) electrons. The third kappa shape index (κ3) is 12.6. The van der Waals surface area contributed by atoms with E-state index in [0.717, 1.165) is 18.1 Å². The molecule has 0 bridgehead atoms. The zero-order chi connectivity index (χ0) is 28.7. The molecule has 4 rings (SSSR count). The van der Waals surface area contributed by atoms with Crippen molar-refractivity contribution in [2.75, 3.05) is 13.7 Å². The lowest BCUT2D eigenvalue weighted by atomic mass is 10.1. The molecular formula is C36H48O2. The van der Waals surface area contributed by atoms with Gasteiger partial charge in [0.15, 0.2) is 0 Å². The normalized spacial score (nSPS) is 9.55. The van der Waals surface area contributed by atoms with E-state index in [1.165, 1.54) is 50.1 Å². The topological polar surface area (TPSA) is 18.5 Å². The highest BCUT2D eigenvalue weighted by Crippen LogP contribution is 2.19. The average molecular weight is 513 g/mol. The Labute approximate surface area is 232 Å². The molecule has 0 spiro atoms. The molecular weight excluding hydrogens is 464 g/mol. The molecule has 4 aromatic carbocycles. The van der Waals surface area contributed by atoms with Crippen LogP contribution in [0.3, 0.4) is 0 Å². The molecule has 204 valence electrons. The van der Waals surface area contributed by atoms with E-state index < -0.39 is 0 Å². The predicted octanol–water partition coefficient (Wildman–Crippen LogP) is 9.93. The van der Waals surface area contributed by atoms with E-state index in [1.807, 2.05) is 19.9 Å². The zero-order valence-corrected chi connectivity index (χ0v) is 25.5. The minimum Gasteiger partial charge on any atom is -0.496 e. The molecule has 0 heterocycles. The Balaban J connectivity index is 0.000000255. The molecule has 0 aliphatic heterocycles. The smallest absolute Gasteiger partial charge is 0.122 e. The van der Waals surface area contributed by atoms with Gasteiger partial charge in [0.25, 0.3) is 0 Å². The molecule has 0 saturated heterocycles. The summed E-state index contributed by atoms with van der Waals surface area (Å²) in [7, 11) is 1.70. The van der Waals surface area contributed by atoms with Crippen LogP contribution in [-0.2, 0) is 0 Å². The number of rotatable bonds is 3. The Bertz CT molecular complexity index is 1220. The van der Waals surface area contributed by atoms with E-state index in [9.17, 15) is 0 Å². The molecule has 0 aliphatic rings. The van der Waals surface area contributed by atoms with Crippen molar-refractivity contribution in [2.24, 2.45) is 0 Å². The standard InChI is InChI=1S/C10H14O.C9H12O.C9H12.C8H10/c1-4-11-10-7-8(2)5-6-9(10)3;1-7-4-5-8(2)9(6-7)10-3;1-7-4-5-8(2)9(3)6-7;1-7-3-5-8(2)6-4-7/h5-7H,4H2,1-3H3;4-6H,1-3H3;4-6H,1-3H3;3-6H,1-2H3. The predicted molar refractivity (Wildman–Crippen MR) is 166 cm³/mol. The maximum Gasteiger partial charge on any atom is 0.122 e. The SMILES string of the molecule is CCOc1cc(C)ccc1C.COc1cc(C)ccc1C.Cc1ccc(C)c(C)c1.Cc1ccc(C)cc1. The molecule has 0 amide bonds. The van der Waals surface area contributed by atoms with Crippen LogP contribution >= 0.6 is 0 Å². The van der Waals surface area contributed by atoms with Crippen molar-refractivity contribution < 1.29 is 9.47 Å². The summed E-state index contributed by atoms with van der Waals surface area (Å²) in [5.41, 5.74) is 11.6. The first-order valence-electron chi connectivity index (χ1n) is 13.3. The summed E-state index contributed by atoms with van der Waals surface area (Å²) in [4.78, 5) is 0. The Kier molecular flexibility index (Phi) is 14.6. The maximum atomic E-state index is 5.42. The molecule has 0 fully saturated rings. The van der Waals surface area contributed by atoms with Crippen molar-refractivity contribution >= 4 is 0 Å². The molecule has 0 atom stereocenters. The van der Waals surface area contributed by atoms with Gasteiger partial charge in [-0.3, -0.25) is 0 Å². The fourth-order valence-electron chi connectivity index (χ4n) is 3.47. The second-order valence-electron chi connectivity index (χ2n) is 9.92. The van der Waals surface area contributed by atoms with Crippen LogP contribution in [-0.4, -0.2) is 13.7 Å². The van der Waals surface area contributed by atoms with Crippen molar-refractivity contribution in [3.63, 3.8) is 0 Å². The minimum absolute atomic E-state index is 0.740. The van der Waals surface area contributed by atoms with Crippen LogP contribution < -0.4 is 9.47 Å².